The number of H-pyrrole nitrogens is 1. The number of hydrogen-bond acceptors (Lipinski definition) is 7. The molecule has 4 rings (SSSR count). The van der Waals surface area contributed by atoms with Crippen molar-refractivity contribution in [3.63, 3.8) is 0 Å². The van der Waals surface area contributed by atoms with Crippen molar-refractivity contribution < 1.29 is 0 Å². The molecule has 4 N–H and O–H groups in total. The van der Waals surface area contributed by atoms with Gasteiger partial charge in [-0.25, -0.2) is 4.98 Å². The Balaban J connectivity index is 1.54. The lowest BCUT2D eigenvalue weighted by atomic mass is 9.90. The van der Waals surface area contributed by atoms with Crippen molar-refractivity contribution in [3.8, 4) is 0 Å². The number of benzene rings is 1. The number of hydrogen-bond donors (Lipinski definition) is 4. The quantitative estimate of drug-likeness (QED) is 0.235. The smallest absolute Gasteiger partial charge is 0.229 e. The Labute approximate surface area is 225 Å². The maximum atomic E-state index is 6.34. The molecule has 1 fully saturated rings. The average Bonchev–Trinajstić information content (AvgIpc) is 3.30. The number of likely N-dealkylation sites (tertiary alicyclic amines) is 1. The molecule has 3 aromatic rings. The number of unbranched alkanes of at least 4 members (excludes halogenated alkanes) is 1. The molecule has 3 heterocycles. The molecular formula is C28H39ClN8. The van der Waals surface area contributed by atoms with Crippen molar-refractivity contribution in [2.24, 2.45) is 0 Å². The Hall–Kier alpha value is -3.10. The zero-order valence-corrected chi connectivity index (χ0v) is 23.3. The third-order valence-electron chi connectivity index (χ3n) is 6.90. The molecule has 37 heavy (non-hydrogen) atoms. The second-order valence-electron chi connectivity index (χ2n) is 9.85. The number of rotatable bonds is 10. The molecule has 1 saturated heterocycles. The molecule has 1 atom stereocenters. The lowest BCUT2D eigenvalue weighted by Crippen LogP contribution is -2.37. The van der Waals surface area contributed by atoms with Crippen LogP contribution in [0.3, 0.4) is 0 Å². The van der Waals surface area contributed by atoms with Crippen LogP contribution in [0.5, 0.6) is 0 Å². The van der Waals surface area contributed by atoms with Crippen LogP contribution in [0.4, 0.5) is 23.3 Å². The van der Waals surface area contributed by atoms with Crippen molar-refractivity contribution >= 4 is 34.9 Å². The number of anilines is 4. The van der Waals surface area contributed by atoms with E-state index < -0.39 is 0 Å². The van der Waals surface area contributed by atoms with Crippen LogP contribution in [0.1, 0.15) is 67.5 Å². The van der Waals surface area contributed by atoms with Crippen molar-refractivity contribution in [3.05, 3.63) is 63.6 Å². The van der Waals surface area contributed by atoms with E-state index in [2.05, 4.69) is 80.0 Å². The van der Waals surface area contributed by atoms with Crippen LogP contribution in [0.2, 0.25) is 5.02 Å². The van der Waals surface area contributed by atoms with Crippen LogP contribution >= 0.6 is 11.6 Å². The van der Waals surface area contributed by atoms with Gasteiger partial charge in [-0.2, -0.15) is 10.1 Å². The van der Waals surface area contributed by atoms with Gasteiger partial charge >= 0.3 is 0 Å². The van der Waals surface area contributed by atoms with E-state index >= 15 is 0 Å². The molecule has 9 heteroatoms. The molecule has 198 valence electrons. The normalized spacial score (nSPS) is 16.6. The van der Waals surface area contributed by atoms with E-state index in [1.54, 1.807) is 6.20 Å². The standard InChI is InChI=1S/C28H39ClN8/c1-6-7-10-21(30-5)17-37-12-9-8-11-25(37)22-13-19(3)24(14-18(22)2)32-28-31-16-23(29)27(34-28)33-26-15-20(4)35-36-26/h10,13-16,25,30H,6-9,11-12,17H2,1-5H3,(H3,31,32,33,34,35,36)/b21-10+. The van der Waals surface area contributed by atoms with Gasteiger partial charge in [0, 0.05) is 42.8 Å². The first-order valence-corrected chi connectivity index (χ1v) is 13.6. The van der Waals surface area contributed by atoms with E-state index in [9.17, 15) is 0 Å². The minimum atomic E-state index is 0.416. The predicted octanol–water partition coefficient (Wildman–Crippen LogP) is 6.70. The highest BCUT2D eigenvalue weighted by Crippen LogP contribution is 2.36. The number of aryl methyl sites for hydroxylation is 3. The van der Waals surface area contributed by atoms with E-state index in [0.717, 1.165) is 36.5 Å². The molecule has 0 amide bonds. The number of halogens is 1. The average molecular weight is 523 g/mol. The Morgan fingerprint density at radius 2 is 2.00 bits per heavy atom. The molecule has 8 nitrogen and oxygen atoms in total. The number of aromatic amines is 1. The van der Waals surface area contributed by atoms with Crippen molar-refractivity contribution in [2.45, 2.75) is 65.8 Å². The summed E-state index contributed by atoms with van der Waals surface area (Å²) in [6.07, 6.45) is 9.91. The Morgan fingerprint density at radius 1 is 1.16 bits per heavy atom. The molecule has 1 unspecified atom stereocenters. The molecule has 1 aromatic carbocycles. The van der Waals surface area contributed by atoms with Gasteiger partial charge in [-0.3, -0.25) is 10.00 Å². The highest BCUT2D eigenvalue weighted by Gasteiger charge is 2.26. The maximum Gasteiger partial charge on any atom is 0.229 e. The van der Waals surface area contributed by atoms with Gasteiger partial charge in [-0.05, 0) is 69.3 Å². The summed E-state index contributed by atoms with van der Waals surface area (Å²) in [5, 5.41) is 17.5. The summed E-state index contributed by atoms with van der Waals surface area (Å²) < 4.78 is 0. The van der Waals surface area contributed by atoms with Crippen molar-refractivity contribution in [1.82, 2.24) is 30.4 Å². The van der Waals surface area contributed by atoms with E-state index in [1.807, 2.05) is 20.0 Å². The van der Waals surface area contributed by atoms with Gasteiger partial charge in [-0.15, -0.1) is 0 Å². The van der Waals surface area contributed by atoms with Gasteiger partial charge in [0.1, 0.15) is 5.02 Å². The van der Waals surface area contributed by atoms with Crippen LogP contribution in [0.15, 0.2) is 36.2 Å². The first-order chi connectivity index (χ1) is 17.9. The monoisotopic (exact) mass is 522 g/mol. The van der Waals surface area contributed by atoms with Crippen LogP contribution in [0.25, 0.3) is 0 Å². The summed E-state index contributed by atoms with van der Waals surface area (Å²) in [5.41, 5.74) is 7.10. The first kappa shape index (κ1) is 26.9. The lowest BCUT2D eigenvalue weighted by Gasteiger charge is -2.37. The SMILES string of the molecule is CCC/C=C(\CN1CCCCC1c1cc(C)c(Nc2ncc(Cl)c(Nc3cc(C)[nH]n3)n2)cc1C)NC. The number of nitrogens with zero attached hydrogens (tertiary/aromatic N) is 4. The highest BCUT2D eigenvalue weighted by molar-refractivity contribution is 6.32. The van der Waals surface area contributed by atoms with E-state index in [-0.39, 0.29) is 0 Å². The third-order valence-corrected chi connectivity index (χ3v) is 7.18. The van der Waals surface area contributed by atoms with Crippen LogP contribution in [0, 0.1) is 20.8 Å². The van der Waals surface area contributed by atoms with Crippen molar-refractivity contribution in [1.29, 1.82) is 0 Å². The fraction of sp³-hybridized carbons (Fsp3) is 0.464. The Morgan fingerprint density at radius 3 is 2.73 bits per heavy atom. The second kappa shape index (κ2) is 12.4. The van der Waals surface area contributed by atoms with Gasteiger partial charge in [0.25, 0.3) is 0 Å². The molecular weight excluding hydrogens is 484 g/mol. The molecule has 1 aliphatic rings. The van der Waals surface area contributed by atoms with E-state index in [0.29, 0.717) is 28.6 Å². The fourth-order valence-electron chi connectivity index (χ4n) is 4.89. The minimum absolute atomic E-state index is 0.416. The van der Waals surface area contributed by atoms with Gasteiger partial charge in [0.15, 0.2) is 11.6 Å². The summed E-state index contributed by atoms with van der Waals surface area (Å²) >= 11 is 6.34. The molecule has 0 radical (unpaired) electrons. The lowest BCUT2D eigenvalue weighted by molar-refractivity contribution is 0.159. The number of piperidine rings is 1. The van der Waals surface area contributed by atoms with E-state index in [1.165, 1.54) is 42.5 Å². The third kappa shape index (κ3) is 6.81. The topological polar surface area (TPSA) is 93.8 Å². The van der Waals surface area contributed by atoms with Crippen molar-refractivity contribution in [2.75, 3.05) is 30.8 Å². The summed E-state index contributed by atoms with van der Waals surface area (Å²) in [6.45, 7) is 10.6. The fourth-order valence-corrected chi connectivity index (χ4v) is 5.02. The maximum absolute atomic E-state index is 6.34. The Kier molecular flexibility index (Phi) is 9.05. The zero-order valence-electron chi connectivity index (χ0n) is 22.6. The van der Waals surface area contributed by atoms with Gasteiger partial charge in [0.05, 0.1) is 6.20 Å². The predicted molar refractivity (Wildman–Crippen MR) is 153 cm³/mol. The minimum Gasteiger partial charge on any atom is -0.391 e. The molecule has 0 spiro atoms. The molecule has 0 saturated carbocycles. The molecule has 0 aliphatic carbocycles. The summed E-state index contributed by atoms with van der Waals surface area (Å²) in [5.74, 6) is 1.64. The highest BCUT2D eigenvalue weighted by atomic mass is 35.5. The van der Waals surface area contributed by atoms with Gasteiger partial charge in [-0.1, -0.05) is 43.5 Å². The van der Waals surface area contributed by atoms with Crippen LogP contribution in [-0.2, 0) is 0 Å². The van der Waals surface area contributed by atoms with Crippen LogP contribution < -0.4 is 16.0 Å². The Bertz CT molecular complexity index is 1230. The summed E-state index contributed by atoms with van der Waals surface area (Å²) in [4.78, 5) is 11.6. The van der Waals surface area contributed by atoms with E-state index in [4.69, 9.17) is 11.6 Å². The molecule has 2 aromatic heterocycles. The van der Waals surface area contributed by atoms with Crippen LogP contribution in [-0.4, -0.2) is 45.2 Å². The number of allylic oxidation sites excluding steroid dienone is 1. The van der Waals surface area contributed by atoms with Gasteiger partial charge < -0.3 is 16.0 Å². The summed E-state index contributed by atoms with van der Waals surface area (Å²) in [6, 6.07) is 6.85. The zero-order chi connectivity index (χ0) is 26.4. The number of aromatic nitrogens is 4. The number of nitrogens with one attached hydrogen (secondary N) is 4. The second-order valence-corrected chi connectivity index (χ2v) is 10.3. The molecule has 0 bridgehead atoms. The number of likely N-dealkylation sites (N-methyl/N-ethyl adjacent to an activating group) is 1. The molecule has 1 aliphatic heterocycles. The largest absolute Gasteiger partial charge is 0.391 e. The first-order valence-electron chi connectivity index (χ1n) is 13.2. The summed E-state index contributed by atoms with van der Waals surface area (Å²) in [7, 11) is 2.03. The van der Waals surface area contributed by atoms with Gasteiger partial charge in [0.2, 0.25) is 5.95 Å².